The highest BCUT2D eigenvalue weighted by atomic mass is 16.3. The molecular formula is C12H27NO. The SMILES string of the molecule is CCC(C)CNCC(C)(C)CC(C)O. The van der Waals surface area contributed by atoms with Crippen LogP contribution in [0.15, 0.2) is 0 Å². The van der Waals surface area contributed by atoms with E-state index in [0.29, 0.717) is 0 Å². The summed E-state index contributed by atoms with van der Waals surface area (Å²) in [5, 5.41) is 12.8. The molecule has 2 N–H and O–H groups in total. The zero-order chi connectivity index (χ0) is 11.2. The van der Waals surface area contributed by atoms with Gasteiger partial charge in [-0.25, -0.2) is 0 Å². The minimum absolute atomic E-state index is 0.196. The zero-order valence-electron chi connectivity index (χ0n) is 10.4. The third-order valence-electron chi connectivity index (χ3n) is 2.64. The van der Waals surface area contributed by atoms with Gasteiger partial charge in [0.1, 0.15) is 0 Å². The lowest BCUT2D eigenvalue weighted by Crippen LogP contribution is -2.34. The first-order chi connectivity index (χ1) is 6.37. The second kappa shape index (κ2) is 6.41. The molecule has 0 saturated heterocycles. The average molecular weight is 201 g/mol. The smallest absolute Gasteiger partial charge is 0.0517 e. The summed E-state index contributed by atoms with van der Waals surface area (Å²) in [4.78, 5) is 0. The highest BCUT2D eigenvalue weighted by Crippen LogP contribution is 2.21. The highest BCUT2D eigenvalue weighted by Gasteiger charge is 2.19. The minimum Gasteiger partial charge on any atom is -0.393 e. The van der Waals surface area contributed by atoms with Gasteiger partial charge >= 0.3 is 0 Å². The Labute approximate surface area is 89.1 Å². The Kier molecular flexibility index (Phi) is 6.38. The minimum atomic E-state index is -0.199. The Bertz CT molecular complexity index is 143. The summed E-state index contributed by atoms with van der Waals surface area (Å²) in [6.45, 7) is 12.8. The van der Waals surface area contributed by atoms with Gasteiger partial charge in [-0.15, -0.1) is 0 Å². The topological polar surface area (TPSA) is 32.3 Å². The summed E-state index contributed by atoms with van der Waals surface area (Å²) in [7, 11) is 0. The third kappa shape index (κ3) is 7.34. The van der Waals surface area contributed by atoms with Crippen LogP contribution in [0.3, 0.4) is 0 Å². The van der Waals surface area contributed by atoms with Gasteiger partial charge in [0.2, 0.25) is 0 Å². The first-order valence-corrected chi connectivity index (χ1v) is 5.76. The van der Waals surface area contributed by atoms with Crippen molar-refractivity contribution in [2.45, 2.75) is 53.6 Å². The lowest BCUT2D eigenvalue weighted by Gasteiger charge is -2.27. The van der Waals surface area contributed by atoms with Crippen molar-refractivity contribution in [3.05, 3.63) is 0 Å². The van der Waals surface area contributed by atoms with Crippen LogP contribution in [-0.2, 0) is 0 Å². The number of hydrogen-bond donors (Lipinski definition) is 2. The first kappa shape index (κ1) is 13.9. The van der Waals surface area contributed by atoms with Crippen LogP contribution in [-0.4, -0.2) is 24.3 Å². The van der Waals surface area contributed by atoms with Crippen LogP contribution in [0.5, 0.6) is 0 Å². The Hall–Kier alpha value is -0.0800. The molecule has 0 saturated carbocycles. The van der Waals surface area contributed by atoms with Gasteiger partial charge in [-0.05, 0) is 31.2 Å². The van der Waals surface area contributed by atoms with Crippen molar-refractivity contribution in [3.8, 4) is 0 Å². The molecular weight excluding hydrogens is 174 g/mol. The molecule has 2 atom stereocenters. The maximum Gasteiger partial charge on any atom is 0.0517 e. The van der Waals surface area contributed by atoms with Gasteiger partial charge in [-0.2, -0.15) is 0 Å². The molecule has 2 heteroatoms. The van der Waals surface area contributed by atoms with Gasteiger partial charge in [-0.3, -0.25) is 0 Å². The fourth-order valence-electron chi connectivity index (χ4n) is 1.67. The maximum absolute atomic E-state index is 9.31. The molecule has 0 aliphatic carbocycles. The predicted molar refractivity (Wildman–Crippen MR) is 62.4 cm³/mol. The van der Waals surface area contributed by atoms with E-state index in [1.165, 1.54) is 6.42 Å². The van der Waals surface area contributed by atoms with Crippen molar-refractivity contribution in [2.75, 3.05) is 13.1 Å². The molecule has 0 heterocycles. The van der Waals surface area contributed by atoms with Crippen LogP contribution in [0.1, 0.15) is 47.5 Å². The van der Waals surface area contributed by atoms with Gasteiger partial charge in [0.15, 0.2) is 0 Å². The van der Waals surface area contributed by atoms with E-state index in [1.54, 1.807) is 0 Å². The molecule has 0 spiro atoms. The summed E-state index contributed by atoms with van der Waals surface area (Å²) < 4.78 is 0. The van der Waals surface area contributed by atoms with Crippen molar-refractivity contribution in [3.63, 3.8) is 0 Å². The average Bonchev–Trinajstić information content (AvgIpc) is 2.01. The van der Waals surface area contributed by atoms with E-state index in [0.717, 1.165) is 25.4 Å². The number of aliphatic hydroxyl groups is 1. The van der Waals surface area contributed by atoms with Crippen LogP contribution < -0.4 is 5.32 Å². The van der Waals surface area contributed by atoms with Crippen LogP contribution in [0.4, 0.5) is 0 Å². The molecule has 0 amide bonds. The second-order valence-electron chi connectivity index (χ2n) is 5.36. The van der Waals surface area contributed by atoms with E-state index >= 15 is 0 Å². The molecule has 0 aliphatic rings. The van der Waals surface area contributed by atoms with Gasteiger partial charge < -0.3 is 10.4 Å². The molecule has 14 heavy (non-hydrogen) atoms. The number of aliphatic hydroxyl groups excluding tert-OH is 1. The van der Waals surface area contributed by atoms with Crippen LogP contribution in [0, 0.1) is 11.3 Å². The van der Waals surface area contributed by atoms with Gasteiger partial charge in [0.05, 0.1) is 6.10 Å². The van der Waals surface area contributed by atoms with E-state index in [1.807, 2.05) is 6.92 Å². The summed E-state index contributed by atoms with van der Waals surface area (Å²) in [6, 6.07) is 0. The lowest BCUT2D eigenvalue weighted by atomic mass is 9.87. The predicted octanol–water partition coefficient (Wildman–Crippen LogP) is 2.42. The van der Waals surface area contributed by atoms with Crippen LogP contribution >= 0.6 is 0 Å². The van der Waals surface area contributed by atoms with Gasteiger partial charge in [-0.1, -0.05) is 34.1 Å². The Morgan fingerprint density at radius 3 is 2.29 bits per heavy atom. The zero-order valence-corrected chi connectivity index (χ0v) is 10.4. The largest absolute Gasteiger partial charge is 0.393 e. The number of hydrogen-bond acceptors (Lipinski definition) is 2. The first-order valence-electron chi connectivity index (χ1n) is 5.76. The van der Waals surface area contributed by atoms with E-state index in [9.17, 15) is 5.11 Å². The van der Waals surface area contributed by atoms with E-state index in [-0.39, 0.29) is 11.5 Å². The molecule has 86 valence electrons. The van der Waals surface area contributed by atoms with Crippen molar-refractivity contribution >= 4 is 0 Å². The van der Waals surface area contributed by atoms with Crippen LogP contribution in [0.25, 0.3) is 0 Å². The molecule has 0 bridgehead atoms. The molecule has 0 radical (unpaired) electrons. The molecule has 0 aliphatic heterocycles. The number of rotatable bonds is 7. The van der Waals surface area contributed by atoms with E-state index in [4.69, 9.17) is 0 Å². The summed E-state index contributed by atoms with van der Waals surface area (Å²) in [5.41, 5.74) is 0.196. The second-order valence-corrected chi connectivity index (χ2v) is 5.36. The Morgan fingerprint density at radius 2 is 1.86 bits per heavy atom. The summed E-state index contributed by atoms with van der Waals surface area (Å²) in [5.74, 6) is 0.748. The normalized spacial score (nSPS) is 16.7. The van der Waals surface area contributed by atoms with E-state index in [2.05, 4.69) is 33.0 Å². The third-order valence-corrected chi connectivity index (χ3v) is 2.64. The number of nitrogens with one attached hydrogen (secondary N) is 1. The molecule has 0 aromatic carbocycles. The van der Waals surface area contributed by atoms with Gasteiger partial charge in [0.25, 0.3) is 0 Å². The Morgan fingerprint density at radius 1 is 1.29 bits per heavy atom. The molecule has 0 fully saturated rings. The molecule has 0 rings (SSSR count). The maximum atomic E-state index is 9.31. The van der Waals surface area contributed by atoms with Crippen molar-refractivity contribution in [2.24, 2.45) is 11.3 Å². The van der Waals surface area contributed by atoms with Gasteiger partial charge in [0, 0.05) is 6.54 Å². The van der Waals surface area contributed by atoms with E-state index < -0.39 is 0 Å². The Balaban J connectivity index is 3.65. The van der Waals surface area contributed by atoms with Crippen molar-refractivity contribution < 1.29 is 5.11 Å². The standard InChI is InChI=1S/C12H27NO/c1-6-10(2)8-13-9-12(4,5)7-11(3)14/h10-11,13-14H,6-9H2,1-5H3. The molecule has 0 aromatic heterocycles. The quantitative estimate of drug-likeness (QED) is 0.663. The fourth-order valence-corrected chi connectivity index (χ4v) is 1.67. The summed E-state index contributed by atoms with van der Waals surface area (Å²) >= 11 is 0. The molecule has 0 aromatic rings. The highest BCUT2D eigenvalue weighted by molar-refractivity contribution is 4.74. The van der Waals surface area contributed by atoms with Crippen molar-refractivity contribution in [1.82, 2.24) is 5.32 Å². The molecule has 2 unspecified atom stereocenters. The van der Waals surface area contributed by atoms with Crippen molar-refractivity contribution in [1.29, 1.82) is 0 Å². The molecule has 2 nitrogen and oxygen atoms in total. The monoisotopic (exact) mass is 201 g/mol. The fraction of sp³-hybridized carbons (Fsp3) is 1.00. The summed E-state index contributed by atoms with van der Waals surface area (Å²) in [6.07, 6.45) is 1.89. The van der Waals surface area contributed by atoms with Crippen LogP contribution in [0.2, 0.25) is 0 Å². The lowest BCUT2D eigenvalue weighted by molar-refractivity contribution is 0.128.